The fourth-order valence-corrected chi connectivity index (χ4v) is 6.24. The summed E-state index contributed by atoms with van der Waals surface area (Å²) in [5.74, 6) is 3.61. The van der Waals surface area contributed by atoms with Crippen LogP contribution in [0, 0.1) is 0 Å². The lowest BCUT2D eigenvalue weighted by molar-refractivity contribution is 0.776. The Balaban J connectivity index is -0.000000453. The maximum atomic E-state index is 4.38. The van der Waals surface area contributed by atoms with Crippen LogP contribution in [0.5, 0.6) is 0 Å². The van der Waals surface area contributed by atoms with E-state index in [2.05, 4.69) is 107 Å². The number of hydrogen-bond acceptors (Lipinski definition) is 6. The second-order valence-electron chi connectivity index (χ2n) is 10.4. The first-order valence-electron chi connectivity index (χ1n) is 15.2. The van der Waals surface area contributed by atoms with Crippen molar-refractivity contribution in [1.29, 1.82) is 0 Å². The molecule has 0 unspecified atom stereocenters. The highest BCUT2D eigenvalue weighted by Gasteiger charge is 2.13. The van der Waals surface area contributed by atoms with Crippen molar-refractivity contribution < 1.29 is 0 Å². The monoisotopic (exact) mass is 597 g/mol. The molecule has 3 rings (SSSR count). The molecule has 0 aromatic carbocycles. The molecule has 3 nitrogen and oxygen atoms in total. The Morgan fingerprint density at radius 2 is 0.795 bits per heavy atom. The quantitative estimate of drug-likeness (QED) is 0.284. The lowest BCUT2D eigenvalue weighted by Crippen LogP contribution is -1.95. The standard InChI is InChI=1S/3C9H15NS.3C2H6/c2*1-6(2)8-5-11-10-9(8)7(3)4;1-6(2)8-5-10-11-9(8)7(3)4;3*1-2/h3*5-7H,1-4H3;3*1-2H3. The van der Waals surface area contributed by atoms with Crippen LogP contribution < -0.4 is 0 Å². The zero-order chi connectivity index (χ0) is 31.3. The van der Waals surface area contributed by atoms with Gasteiger partial charge in [0.1, 0.15) is 0 Å². The lowest BCUT2D eigenvalue weighted by atomic mass is 9.98. The number of nitrogens with zero attached hydrogens (tertiary/aromatic N) is 3. The molecule has 0 saturated carbocycles. The van der Waals surface area contributed by atoms with E-state index in [0.717, 1.165) is 0 Å². The molecular weight excluding hydrogens is 535 g/mol. The van der Waals surface area contributed by atoms with E-state index in [1.807, 2.05) is 47.7 Å². The van der Waals surface area contributed by atoms with Crippen LogP contribution in [0.15, 0.2) is 17.0 Å². The molecule has 0 radical (unpaired) electrons. The van der Waals surface area contributed by atoms with Crippen LogP contribution >= 0.6 is 34.6 Å². The second kappa shape index (κ2) is 24.7. The van der Waals surface area contributed by atoms with Crippen LogP contribution in [0.1, 0.15) is 193 Å². The van der Waals surface area contributed by atoms with Gasteiger partial charge in [0.25, 0.3) is 0 Å². The van der Waals surface area contributed by atoms with E-state index in [-0.39, 0.29) is 0 Å². The Kier molecular flexibility index (Phi) is 26.8. The van der Waals surface area contributed by atoms with Crippen LogP contribution in [0.4, 0.5) is 0 Å². The summed E-state index contributed by atoms with van der Waals surface area (Å²) in [5.41, 5.74) is 6.83. The highest BCUT2D eigenvalue weighted by molar-refractivity contribution is 7.06. The molecule has 3 heterocycles. The third-order valence-corrected chi connectivity index (χ3v) is 7.80. The Bertz CT molecular complexity index is 729. The summed E-state index contributed by atoms with van der Waals surface area (Å²) < 4.78 is 13.0. The first kappa shape index (κ1) is 42.4. The summed E-state index contributed by atoms with van der Waals surface area (Å²) in [7, 11) is 0. The van der Waals surface area contributed by atoms with Gasteiger partial charge in [-0.2, -0.15) is 8.75 Å². The van der Waals surface area contributed by atoms with Gasteiger partial charge in [-0.25, -0.2) is 4.37 Å². The molecular formula is C33H63N3S3. The summed E-state index contributed by atoms with van der Waals surface area (Å²) in [6.45, 7) is 38.5. The van der Waals surface area contributed by atoms with Gasteiger partial charge in [0.2, 0.25) is 0 Å². The van der Waals surface area contributed by atoms with Gasteiger partial charge in [0, 0.05) is 21.8 Å². The van der Waals surface area contributed by atoms with Crippen molar-refractivity contribution in [3.8, 4) is 0 Å². The van der Waals surface area contributed by atoms with E-state index in [9.17, 15) is 0 Å². The van der Waals surface area contributed by atoms with E-state index in [1.54, 1.807) is 34.6 Å². The van der Waals surface area contributed by atoms with E-state index in [0.29, 0.717) is 35.5 Å². The average molecular weight is 598 g/mol. The third-order valence-electron chi connectivity index (χ3n) is 5.36. The van der Waals surface area contributed by atoms with Gasteiger partial charge in [0.15, 0.2) is 0 Å². The Morgan fingerprint density at radius 3 is 1.00 bits per heavy atom. The van der Waals surface area contributed by atoms with Gasteiger partial charge >= 0.3 is 0 Å². The van der Waals surface area contributed by atoms with Crippen molar-refractivity contribution in [2.45, 2.75) is 160 Å². The molecule has 3 aromatic rings. The van der Waals surface area contributed by atoms with E-state index in [1.165, 1.54) is 33.0 Å². The highest BCUT2D eigenvalue weighted by atomic mass is 32.1. The maximum absolute atomic E-state index is 4.38. The maximum Gasteiger partial charge on any atom is 0.0602 e. The van der Waals surface area contributed by atoms with Crippen molar-refractivity contribution in [3.63, 3.8) is 0 Å². The molecule has 0 amide bonds. The van der Waals surface area contributed by atoms with Gasteiger partial charge in [-0.1, -0.05) is 125 Å². The summed E-state index contributed by atoms with van der Waals surface area (Å²) in [5, 5.41) is 4.33. The molecule has 0 aliphatic rings. The predicted molar refractivity (Wildman–Crippen MR) is 185 cm³/mol. The summed E-state index contributed by atoms with van der Waals surface area (Å²) in [4.78, 5) is 1.44. The van der Waals surface area contributed by atoms with Gasteiger partial charge in [-0.05, 0) is 86.8 Å². The van der Waals surface area contributed by atoms with Gasteiger partial charge < -0.3 is 0 Å². The van der Waals surface area contributed by atoms with E-state index < -0.39 is 0 Å². The van der Waals surface area contributed by atoms with Crippen molar-refractivity contribution >= 4 is 34.6 Å². The SMILES string of the molecule is CC.CC.CC.CC(C)c1cnsc1C(C)C.CC(C)c1csnc1C(C)C.CC(C)c1csnc1C(C)C. The van der Waals surface area contributed by atoms with E-state index >= 15 is 0 Å². The van der Waals surface area contributed by atoms with Gasteiger partial charge in [-0.15, -0.1) is 0 Å². The van der Waals surface area contributed by atoms with E-state index in [4.69, 9.17) is 0 Å². The van der Waals surface area contributed by atoms with Crippen LogP contribution in [0.3, 0.4) is 0 Å². The predicted octanol–water partition coefficient (Wildman–Crippen LogP) is 13.2. The fourth-order valence-electron chi connectivity index (χ4n) is 3.38. The Morgan fingerprint density at radius 1 is 0.462 bits per heavy atom. The molecule has 0 saturated heterocycles. The molecule has 0 N–H and O–H groups in total. The number of aromatic nitrogens is 3. The minimum absolute atomic E-state index is 0.568. The molecule has 0 aliphatic carbocycles. The van der Waals surface area contributed by atoms with Crippen molar-refractivity contribution in [1.82, 2.24) is 13.1 Å². The molecule has 0 spiro atoms. The largest absolute Gasteiger partial charge is 0.201 e. The molecule has 0 aliphatic heterocycles. The first-order valence-corrected chi connectivity index (χ1v) is 17.7. The van der Waals surface area contributed by atoms with Gasteiger partial charge in [-0.3, -0.25) is 0 Å². The van der Waals surface area contributed by atoms with Crippen LogP contribution in [0.25, 0.3) is 0 Å². The minimum atomic E-state index is 0.568. The molecule has 0 bridgehead atoms. The smallest absolute Gasteiger partial charge is 0.0602 e. The molecule has 0 atom stereocenters. The highest BCUT2D eigenvalue weighted by Crippen LogP contribution is 2.29. The number of hydrogen-bond donors (Lipinski definition) is 0. The van der Waals surface area contributed by atoms with Crippen molar-refractivity contribution in [2.75, 3.05) is 0 Å². The number of rotatable bonds is 6. The summed E-state index contributed by atoms with van der Waals surface area (Å²) in [6.07, 6.45) is 2.00. The fraction of sp³-hybridized carbons (Fsp3) is 0.727. The van der Waals surface area contributed by atoms with Crippen molar-refractivity contribution in [2.24, 2.45) is 0 Å². The topological polar surface area (TPSA) is 38.7 Å². The second-order valence-corrected chi connectivity index (χ2v) is 12.5. The zero-order valence-electron chi connectivity index (χ0n) is 28.8. The van der Waals surface area contributed by atoms with Crippen LogP contribution in [-0.4, -0.2) is 13.1 Å². The average Bonchev–Trinajstić information content (AvgIpc) is 3.68. The van der Waals surface area contributed by atoms with Gasteiger partial charge in [0.05, 0.1) is 11.4 Å². The van der Waals surface area contributed by atoms with Crippen LogP contribution in [-0.2, 0) is 0 Å². The lowest BCUT2D eigenvalue weighted by Gasteiger charge is -2.07. The third kappa shape index (κ3) is 16.1. The Hall–Kier alpha value is -1.11. The van der Waals surface area contributed by atoms with Crippen molar-refractivity contribution in [3.05, 3.63) is 49.9 Å². The minimum Gasteiger partial charge on any atom is -0.201 e. The first-order chi connectivity index (χ1) is 18.4. The molecule has 6 heteroatoms. The Labute approximate surface area is 256 Å². The zero-order valence-corrected chi connectivity index (χ0v) is 31.2. The van der Waals surface area contributed by atoms with Crippen LogP contribution in [0.2, 0.25) is 0 Å². The molecule has 228 valence electrons. The molecule has 3 aromatic heterocycles. The molecule has 0 fully saturated rings. The normalized spacial score (nSPS) is 10.2. The summed E-state index contributed by atoms with van der Waals surface area (Å²) in [6, 6.07) is 0. The molecule has 39 heavy (non-hydrogen) atoms. The summed E-state index contributed by atoms with van der Waals surface area (Å²) >= 11 is 4.78.